The molecular weight excluding hydrogens is 405 g/mol. The topological polar surface area (TPSA) is 82.8 Å². The Morgan fingerprint density at radius 2 is 1.96 bits per heavy atom. The van der Waals surface area contributed by atoms with Crippen LogP contribution in [0.4, 0.5) is 0 Å². The number of unbranched alkanes of at least 4 members (excludes halogenated alkanes) is 1. The summed E-state index contributed by atoms with van der Waals surface area (Å²) >= 11 is 0. The van der Waals surface area contributed by atoms with E-state index in [0.717, 1.165) is 57.3 Å². The molecule has 2 fully saturated rings. The van der Waals surface area contributed by atoms with Gasteiger partial charge in [0.2, 0.25) is 5.91 Å². The molecule has 1 aliphatic carbocycles. The van der Waals surface area contributed by atoms with E-state index in [2.05, 4.69) is 27.4 Å². The first-order valence-corrected chi connectivity index (χ1v) is 8.59. The first kappa shape index (κ1) is 20.5. The Kier molecular flexibility index (Phi) is 9.19. The summed E-state index contributed by atoms with van der Waals surface area (Å²) in [5, 5.41) is 6.81. The highest BCUT2D eigenvalue weighted by molar-refractivity contribution is 14.0. The van der Waals surface area contributed by atoms with Crippen molar-refractivity contribution in [3.8, 4) is 0 Å². The molecule has 1 aliphatic heterocycles. The molecule has 0 radical (unpaired) electrons. The molecule has 2 rings (SSSR count). The number of hydrogen-bond donors (Lipinski definition) is 3. The fourth-order valence-corrected chi connectivity index (χ4v) is 3.00. The molecule has 1 saturated carbocycles. The van der Waals surface area contributed by atoms with E-state index in [0.29, 0.717) is 6.04 Å². The lowest BCUT2D eigenvalue weighted by atomic mass is 9.96. The second-order valence-electron chi connectivity index (χ2n) is 6.69. The quantitative estimate of drug-likeness (QED) is 0.242. The zero-order chi connectivity index (χ0) is 15.9. The lowest BCUT2D eigenvalue weighted by Crippen LogP contribution is -2.40. The van der Waals surface area contributed by atoms with Crippen molar-refractivity contribution in [1.29, 1.82) is 0 Å². The van der Waals surface area contributed by atoms with Gasteiger partial charge in [-0.1, -0.05) is 6.92 Å². The van der Waals surface area contributed by atoms with Crippen molar-refractivity contribution in [1.82, 2.24) is 15.5 Å². The van der Waals surface area contributed by atoms with Crippen LogP contribution < -0.4 is 16.4 Å². The van der Waals surface area contributed by atoms with Crippen LogP contribution in [0.1, 0.15) is 39.0 Å². The van der Waals surface area contributed by atoms with Crippen LogP contribution in [0.5, 0.6) is 0 Å². The van der Waals surface area contributed by atoms with Crippen molar-refractivity contribution in [3.05, 3.63) is 0 Å². The summed E-state index contributed by atoms with van der Waals surface area (Å²) in [6, 6.07) is 0.609. The molecular formula is C16H32IN5O. The van der Waals surface area contributed by atoms with Gasteiger partial charge in [-0.15, -0.1) is 24.0 Å². The summed E-state index contributed by atoms with van der Waals surface area (Å²) in [5.74, 6) is 1.67. The number of nitrogens with one attached hydrogen (secondary N) is 2. The number of primary amides is 1. The number of hydrogen-bond acceptors (Lipinski definition) is 3. The molecule has 0 aromatic carbocycles. The summed E-state index contributed by atoms with van der Waals surface area (Å²) in [7, 11) is 1.82. The number of halogens is 1. The second kappa shape index (κ2) is 10.3. The fraction of sp³-hybridized carbons (Fsp3) is 0.875. The van der Waals surface area contributed by atoms with Crippen LogP contribution in [0.2, 0.25) is 0 Å². The number of aliphatic imine (C=N–C) groups is 1. The van der Waals surface area contributed by atoms with E-state index >= 15 is 0 Å². The van der Waals surface area contributed by atoms with Gasteiger partial charge < -0.3 is 21.3 Å². The fourth-order valence-electron chi connectivity index (χ4n) is 3.00. The second-order valence-corrected chi connectivity index (χ2v) is 6.69. The molecule has 0 spiro atoms. The third-order valence-electron chi connectivity index (χ3n) is 4.84. The molecule has 134 valence electrons. The van der Waals surface area contributed by atoms with Gasteiger partial charge in [-0.05, 0) is 57.7 Å². The molecule has 2 unspecified atom stereocenters. The summed E-state index contributed by atoms with van der Waals surface area (Å²) in [5.41, 5.74) is 5.36. The summed E-state index contributed by atoms with van der Waals surface area (Å²) in [4.78, 5) is 17.8. The Morgan fingerprint density at radius 3 is 2.48 bits per heavy atom. The lowest BCUT2D eigenvalue weighted by Gasteiger charge is -2.30. The number of amides is 1. The molecule has 0 bridgehead atoms. The number of nitrogens with two attached hydrogens (primary N) is 1. The van der Waals surface area contributed by atoms with Crippen molar-refractivity contribution in [2.24, 2.45) is 22.6 Å². The van der Waals surface area contributed by atoms with E-state index in [1.807, 2.05) is 7.05 Å². The van der Waals surface area contributed by atoms with Crippen LogP contribution >= 0.6 is 24.0 Å². The Bertz CT molecular complexity index is 396. The number of carbonyl (C=O) groups excluding carboxylic acids is 1. The highest BCUT2D eigenvalue weighted by Gasteiger charge is 2.33. The van der Waals surface area contributed by atoms with Crippen LogP contribution in [0.15, 0.2) is 4.99 Å². The van der Waals surface area contributed by atoms with Crippen molar-refractivity contribution in [3.63, 3.8) is 0 Å². The Hall–Kier alpha value is -0.570. The third kappa shape index (κ3) is 7.24. The van der Waals surface area contributed by atoms with Gasteiger partial charge in [-0.2, -0.15) is 0 Å². The number of likely N-dealkylation sites (tertiary alicyclic amines) is 1. The molecule has 6 nitrogen and oxygen atoms in total. The first-order valence-electron chi connectivity index (χ1n) is 8.59. The Labute approximate surface area is 157 Å². The predicted octanol–water partition coefficient (Wildman–Crippen LogP) is 1.16. The van der Waals surface area contributed by atoms with Crippen molar-refractivity contribution < 1.29 is 4.79 Å². The molecule has 0 aromatic heterocycles. The highest BCUT2D eigenvalue weighted by atomic mass is 127. The maximum absolute atomic E-state index is 11.1. The van der Waals surface area contributed by atoms with E-state index in [1.165, 1.54) is 12.8 Å². The van der Waals surface area contributed by atoms with Gasteiger partial charge in [0.15, 0.2) is 5.96 Å². The van der Waals surface area contributed by atoms with Gasteiger partial charge in [-0.3, -0.25) is 9.79 Å². The van der Waals surface area contributed by atoms with Crippen molar-refractivity contribution in [2.45, 2.75) is 45.1 Å². The van der Waals surface area contributed by atoms with E-state index in [9.17, 15) is 4.79 Å². The largest absolute Gasteiger partial charge is 0.369 e. The SMILES string of the molecule is CN=C(NCCCCN1CCC(C(N)=O)CC1)NC1CC1C.I. The molecule has 2 aliphatic rings. The van der Waals surface area contributed by atoms with Crippen LogP contribution in [-0.2, 0) is 4.79 Å². The van der Waals surface area contributed by atoms with Gasteiger partial charge in [0.1, 0.15) is 0 Å². The minimum Gasteiger partial charge on any atom is -0.369 e. The first-order chi connectivity index (χ1) is 10.6. The van der Waals surface area contributed by atoms with E-state index in [1.54, 1.807) is 0 Å². The zero-order valence-electron chi connectivity index (χ0n) is 14.4. The molecule has 1 amide bonds. The van der Waals surface area contributed by atoms with Gasteiger partial charge in [0.05, 0.1) is 0 Å². The number of guanidine groups is 1. The molecule has 7 heteroatoms. The maximum Gasteiger partial charge on any atom is 0.220 e. The summed E-state index contributed by atoms with van der Waals surface area (Å²) in [6.45, 7) is 6.33. The van der Waals surface area contributed by atoms with Gasteiger partial charge >= 0.3 is 0 Å². The van der Waals surface area contributed by atoms with E-state index in [4.69, 9.17) is 5.73 Å². The Morgan fingerprint density at radius 1 is 1.30 bits per heavy atom. The smallest absolute Gasteiger partial charge is 0.220 e. The monoisotopic (exact) mass is 437 g/mol. The van der Waals surface area contributed by atoms with Crippen molar-refractivity contribution >= 4 is 35.8 Å². The maximum atomic E-state index is 11.1. The summed E-state index contributed by atoms with van der Waals surface area (Å²) in [6.07, 6.45) is 5.40. The Balaban J connectivity index is 0.00000264. The van der Waals surface area contributed by atoms with Crippen LogP contribution in [0, 0.1) is 11.8 Å². The predicted molar refractivity (Wildman–Crippen MR) is 105 cm³/mol. The van der Waals surface area contributed by atoms with Gasteiger partial charge in [0.25, 0.3) is 0 Å². The van der Waals surface area contributed by atoms with Gasteiger partial charge in [0, 0.05) is 25.6 Å². The molecule has 0 aromatic rings. The molecule has 23 heavy (non-hydrogen) atoms. The normalized spacial score (nSPS) is 25.6. The highest BCUT2D eigenvalue weighted by Crippen LogP contribution is 2.28. The average Bonchev–Trinajstić information content (AvgIpc) is 3.21. The number of nitrogens with zero attached hydrogens (tertiary/aromatic N) is 2. The van der Waals surface area contributed by atoms with Crippen LogP contribution in [0.25, 0.3) is 0 Å². The van der Waals surface area contributed by atoms with E-state index < -0.39 is 0 Å². The van der Waals surface area contributed by atoms with Crippen molar-refractivity contribution in [2.75, 3.05) is 33.2 Å². The standard InChI is InChI=1S/C16H31N5O.HI/c1-12-11-14(12)20-16(18-2)19-7-3-4-8-21-9-5-13(6-10-21)15(17)22;/h12-14H,3-11H2,1-2H3,(H2,17,22)(H2,18,19,20);1H. The minimum atomic E-state index is -0.132. The lowest BCUT2D eigenvalue weighted by molar-refractivity contribution is -0.123. The number of carbonyl (C=O) groups is 1. The van der Waals surface area contributed by atoms with Crippen LogP contribution in [0.3, 0.4) is 0 Å². The number of rotatable bonds is 7. The van der Waals surface area contributed by atoms with E-state index in [-0.39, 0.29) is 35.8 Å². The van der Waals surface area contributed by atoms with Gasteiger partial charge in [-0.25, -0.2) is 0 Å². The number of piperidine rings is 1. The molecule has 2 atom stereocenters. The molecule has 1 heterocycles. The third-order valence-corrected chi connectivity index (χ3v) is 4.84. The van der Waals surface area contributed by atoms with Crippen LogP contribution in [-0.4, -0.2) is 56.0 Å². The summed E-state index contributed by atoms with van der Waals surface area (Å²) < 4.78 is 0. The minimum absolute atomic E-state index is 0. The zero-order valence-corrected chi connectivity index (χ0v) is 16.7. The average molecular weight is 437 g/mol. The molecule has 1 saturated heterocycles. The molecule has 4 N–H and O–H groups in total.